The van der Waals surface area contributed by atoms with Crippen LogP contribution in [-0.2, 0) is 14.3 Å². The normalized spacial score (nSPS) is 13.3. The highest BCUT2D eigenvalue weighted by molar-refractivity contribution is 8.23. The summed E-state index contributed by atoms with van der Waals surface area (Å²) >= 11 is 6.41. The van der Waals surface area contributed by atoms with Gasteiger partial charge < -0.3 is 10.1 Å². The number of nitrogens with zero attached hydrogens (tertiary/aromatic N) is 3. The molecule has 1 N–H and O–H groups in total. The summed E-state index contributed by atoms with van der Waals surface area (Å²) < 4.78 is 7.36. The zero-order chi connectivity index (χ0) is 23.2. The van der Waals surface area contributed by atoms with Crippen LogP contribution in [0, 0.1) is 0 Å². The number of benzene rings is 2. The first kappa shape index (κ1) is 22.7. The molecule has 0 bridgehead atoms. The Morgan fingerprint density at radius 2 is 1.79 bits per heavy atom. The molecule has 0 aliphatic carbocycles. The minimum atomic E-state index is -0.654. The van der Waals surface area contributed by atoms with Gasteiger partial charge in [-0.3, -0.25) is 14.5 Å². The minimum absolute atomic E-state index is 0.0745. The van der Waals surface area contributed by atoms with Crippen LogP contribution in [0.3, 0.4) is 0 Å². The van der Waals surface area contributed by atoms with Gasteiger partial charge in [0.15, 0.2) is 6.61 Å². The molecule has 1 aliphatic rings. The molecule has 10 heteroatoms. The first-order valence-electron chi connectivity index (χ1n) is 10.1. The summed E-state index contributed by atoms with van der Waals surface area (Å²) in [5, 5.41) is 7.21. The standard InChI is InChI=1S/C23H20N4O4S2/c28-19(24-11-12-26-20(29)15-33-23(26)32)14-31-22(30)18-13-27(17-9-5-2-6-10-17)25-21(18)16-7-3-1-4-8-16/h1-10,13H,11-12,14-15H2,(H,24,28). The largest absolute Gasteiger partial charge is 0.452 e. The van der Waals surface area contributed by atoms with E-state index in [1.54, 1.807) is 10.9 Å². The number of aromatic nitrogens is 2. The van der Waals surface area contributed by atoms with Crippen LogP contribution in [0.4, 0.5) is 0 Å². The van der Waals surface area contributed by atoms with Crippen LogP contribution in [0.15, 0.2) is 66.9 Å². The second-order valence-electron chi connectivity index (χ2n) is 7.06. The van der Waals surface area contributed by atoms with Crippen LogP contribution in [0.2, 0.25) is 0 Å². The number of hydrogen-bond acceptors (Lipinski definition) is 7. The smallest absolute Gasteiger partial charge is 0.342 e. The molecule has 4 rings (SSSR count). The van der Waals surface area contributed by atoms with E-state index in [1.165, 1.54) is 16.7 Å². The summed E-state index contributed by atoms with van der Waals surface area (Å²) in [6.07, 6.45) is 1.59. The Balaban J connectivity index is 1.41. The molecule has 1 aliphatic heterocycles. The molecule has 3 aromatic rings. The first-order chi connectivity index (χ1) is 16.0. The molecule has 2 heterocycles. The number of thioether (sulfide) groups is 1. The Morgan fingerprint density at radius 3 is 2.45 bits per heavy atom. The monoisotopic (exact) mass is 480 g/mol. The van der Waals surface area contributed by atoms with Crippen LogP contribution in [0.1, 0.15) is 10.4 Å². The highest BCUT2D eigenvalue weighted by Gasteiger charge is 2.26. The molecular weight excluding hydrogens is 460 g/mol. The van der Waals surface area contributed by atoms with Gasteiger partial charge in [-0.1, -0.05) is 72.5 Å². The Morgan fingerprint density at radius 1 is 1.09 bits per heavy atom. The highest BCUT2D eigenvalue weighted by Crippen LogP contribution is 2.24. The van der Waals surface area contributed by atoms with E-state index in [1.807, 2.05) is 60.7 Å². The zero-order valence-corrected chi connectivity index (χ0v) is 19.1. The van der Waals surface area contributed by atoms with Crippen molar-refractivity contribution in [3.8, 4) is 16.9 Å². The molecule has 1 fully saturated rings. The summed E-state index contributed by atoms with van der Waals surface area (Å²) in [6, 6.07) is 18.7. The molecular formula is C23H20N4O4S2. The summed E-state index contributed by atoms with van der Waals surface area (Å²) in [4.78, 5) is 38.1. The van der Waals surface area contributed by atoms with E-state index < -0.39 is 18.5 Å². The predicted molar refractivity (Wildman–Crippen MR) is 129 cm³/mol. The highest BCUT2D eigenvalue weighted by atomic mass is 32.2. The van der Waals surface area contributed by atoms with E-state index >= 15 is 0 Å². The van der Waals surface area contributed by atoms with E-state index in [2.05, 4.69) is 10.4 Å². The van der Waals surface area contributed by atoms with Gasteiger partial charge in [-0.15, -0.1) is 0 Å². The Kier molecular flexibility index (Phi) is 7.16. The number of carbonyl (C=O) groups is 3. The lowest BCUT2D eigenvalue weighted by Crippen LogP contribution is -2.38. The average Bonchev–Trinajstić information content (AvgIpc) is 3.43. The lowest BCUT2D eigenvalue weighted by Gasteiger charge is -2.15. The van der Waals surface area contributed by atoms with Crippen LogP contribution in [0.25, 0.3) is 16.9 Å². The molecule has 8 nitrogen and oxygen atoms in total. The van der Waals surface area contributed by atoms with Crippen molar-refractivity contribution in [2.75, 3.05) is 25.4 Å². The average molecular weight is 481 g/mol. The summed E-state index contributed by atoms with van der Waals surface area (Å²) in [5.41, 5.74) is 2.26. The van der Waals surface area contributed by atoms with E-state index in [-0.39, 0.29) is 24.6 Å². The molecule has 1 aromatic heterocycles. The van der Waals surface area contributed by atoms with E-state index in [9.17, 15) is 14.4 Å². The number of nitrogens with one attached hydrogen (secondary N) is 1. The van der Waals surface area contributed by atoms with Crippen molar-refractivity contribution in [2.45, 2.75) is 0 Å². The van der Waals surface area contributed by atoms with Gasteiger partial charge in [0.2, 0.25) is 5.91 Å². The quantitative estimate of drug-likeness (QED) is 0.391. The van der Waals surface area contributed by atoms with Crippen LogP contribution in [-0.4, -0.2) is 62.2 Å². The lowest BCUT2D eigenvalue weighted by atomic mass is 10.1. The zero-order valence-electron chi connectivity index (χ0n) is 17.5. The van der Waals surface area contributed by atoms with Gasteiger partial charge in [0, 0.05) is 24.8 Å². The van der Waals surface area contributed by atoms with E-state index in [4.69, 9.17) is 17.0 Å². The molecule has 0 saturated carbocycles. The number of hydrogen-bond donors (Lipinski definition) is 1. The third kappa shape index (κ3) is 5.47. The van der Waals surface area contributed by atoms with Crippen molar-refractivity contribution in [1.82, 2.24) is 20.0 Å². The number of ether oxygens (including phenoxy) is 1. The van der Waals surface area contributed by atoms with Crippen LogP contribution >= 0.6 is 24.0 Å². The molecule has 1 saturated heterocycles. The lowest BCUT2D eigenvalue weighted by molar-refractivity contribution is -0.126. The van der Waals surface area contributed by atoms with Gasteiger partial charge in [-0.05, 0) is 12.1 Å². The third-order valence-corrected chi connectivity index (χ3v) is 6.27. The topological polar surface area (TPSA) is 93.5 Å². The molecule has 0 spiro atoms. The molecule has 0 radical (unpaired) electrons. The predicted octanol–water partition coefficient (Wildman–Crippen LogP) is 2.67. The SMILES string of the molecule is O=C(COC(=O)c1cn(-c2ccccc2)nc1-c1ccccc1)NCCN1C(=O)CSC1=S. The Labute approximate surface area is 199 Å². The summed E-state index contributed by atoms with van der Waals surface area (Å²) in [7, 11) is 0. The molecule has 2 aromatic carbocycles. The van der Waals surface area contributed by atoms with Crippen molar-refractivity contribution in [1.29, 1.82) is 0 Å². The fourth-order valence-electron chi connectivity index (χ4n) is 3.21. The van der Waals surface area contributed by atoms with Crippen molar-refractivity contribution in [2.24, 2.45) is 0 Å². The number of para-hydroxylation sites is 1. The van der Waals surface area contributed by atoms with Crippen molar-refractivity contribution >= 4 is 46.1 Å². The molecule has 0 atom stereocenters. The Bertz CT molecular complexity index is 1170. The summed E-state index contributed by atoms with van der Waals surface area (Å²) in [6.45, 7) is 0.0487. The molecule has 168 valence electrons. The van der Waals surface area contributed by atoms with Gasteiger partial charge in [0.05, 0.1) is 11.4 Å². The van der Waals surface area contributed by atoms with Crippen LogP contribution < -0.4 is 5.32 Å². The van der Waals surface area contributed by atoms with Gasteiger partial charge in [0.25, 0.3) is 5.91 Å². The number of amides is 2. The van der Waals surface area contributed by atoms with Gasteiger partial charge >= 0.3 is 5.97 Å². The number of carbonyl (C=O) groups excluding carboxylic acids is 3. The number of rotatable bonds is 8. The molecule has 2 amide bonds. The van der Waals surface area contributed by atoms with Crippen molar-refractivity contribution in [3.05, 3.63) is 72.4 Å². The Hall–Kier alpha value is -3.50. The fraction of sp³-hybridized carbons (Fsp3) is 0.174. The maximum Gasteiger partial charge on any atom is 0.342 e. The van der Waals surface area contributed by atoms with Gasteiger partial charge in [-0.25, -0.2) is 9.48 Å². The second kappa shape index (κ2) is 10.4. The van der Waals surface area contributed by atoms with E-state index in [0.29, 0.717) is 15.8 Å². The van der Waals surface area contributed by atoms with Crippen molar-refractivity contribution < 1.29 is 19.1 Å². The number of esters is 1. The van der Waals surface area contributed by atoms with E-state index in [0.717, 1.165) is 11.3 Å². The molecule has 33 heavy (non-hydrogen) atoms. The number of thiocarbonyl (C=S) groups is 1. The maximum atomic E-state index is 12.8. The minimum Gasteiger partial charge on any atom is -0.452 e. The van der Waals surface area contributed by atoms with Gasteiger partial charge in [0.1, 0.15) is 15.6 Å². The fourth-order valence-corrected chi connectivity index (χ4v) is 4.33. The summed E-state index contributed by atoms with van der Waals surface area (Å²) in [5.74, 6) is -0.872. The maximum absolute atomic E-state index is 12.8. The molecule has 0 unspecified atom stereocenters. The second-order valence-corrected chi connectivity index (χ2v) is 8.67. The van der Waals surface area contributed by atoms with Gasteiger partial charge in [-0.2, -0.15) is 5.10 Å². The van der Waals surface area contributed by atoms with Crippen LogP contribution in [0.5, 0.6) is 0 Å². The first-order valence-corrected chi connectivity index (χ1v) is 11.5. The van der Waals surface area contributed by atoms with Crippen molar-refractivity contribution in [3.63, 3.8) is 0 Å². The third-order valence-electron chi connectivity index (χ3n) is 4.83.